The summed E-state index contributed by atoms with van der Waals surface area (Å²) < 4.78 is 0. The van der Waals surface area contributed by atoms with Gasteiger partial charge in [0.1, 0.15) is 5.82 Å². The molecule has 0 aliphatic heterocycles. The molecule has 17 heavy (non-hydrogen) atoms. The van der Waals surface area contributed by atoms with Crippen LogP contribution in [-0.4, -0.2) is 9.97 Å². The highest BCUT2D eigenvalue weighted by Crippen LogP contribution is 2.22. The molecule has 3 nitrogen and oxygen atoms in total. The first-order valence-corrected chi connectivity index (χ1v) is 5.55. The van der Waals surface area contributed by atoms with Crippen molar-refractivity contribution in [3.05, 3.63) is 48.0 Å². The Morgan fingerprint density at radius 3 is 2.82 bits per heavy atom. The smallest absolute Gasteiger partial charge is 0.138 e. The molecule has 3 aromatic rings. The van der Waals surface area contributed by atoms with Crippen LogP contribution in [0.4, 0.5) is 5.69 Å². The number of hydrogen-bond donors (Lipinski definition) is 2. The van der Waals surface area contributed by atoms with Gasteiger partial charge >= 0.3 is 0 Å². The fourth-order valence-corrected chi connectivity index (χ4v) is 1.95. The van der Waals surface area contributed by atoms with Gasteiger partial charge in [0.15, 0.2) is 0 Å². The van der Waals surface area contributed by atoms with Gasteiger partial charge in [-0.05, 0) is 36.8 Å². The maximum atomic E-state index is 5.77. The van der Waals surface area contributed by atoms with Gasteiger partial charge in [-0.25, -0.2) is 4.98 Å². The van der Waals surface area contributed by atoms with Gasteiger partial charge in [0.25, 0.3) is 0 Å². The molecule has 0 bridgehead atoms. The fourth-order valence-electron chi connectivity index (χ4n) is 1.95. The first-order chi connectivity index (χ1) is 8.22. The third-order valence-electron chi connectivity index (χ3n) is 2.80. The predicted molar refractivity (Wildman–Crippen MR) is 70.7 cm³/mol. The summed E-state index contributed by atoms with van der Waals surface area (Å²) >= 11 is 0. The second-order valence-electron chi connectivity index (χ2n) is 4.23. The Labute approximate surface area is 99.3 Å². The predicted octanol–water partition coefficient (Wildman–Crippen LogP) is 3.12. The average Bonchev–Trinajstić information content (AvgIpc) is 2.72. The van der Waals surface area contributed by atoms with Gasteiger partial charge in [-0.1, -0.05) is 18.2 Å². The molecule has 3 rings (SSSR count). The number of nitrogens with two attached hydrogens (primary N) is 1. The summed E-state index contributed by atoms with van der Waals surface area (Å²) in [6.07, 6.45) is 0. The first kappa shape index (κ1) is 9.90. The van der Waals surface area contributed by atoms with Crippen LogP contribution in [0.3, 0.4) is 0 Å². The largest absolute Gasteiger partial charge is 0.399 e. The number of H-pyrrole nitrogens is 1. The van der Waals surface area contributed by atoms with Gasteiger partial charge in [0.2, 0.25) is 0 Å². The van der Waals surface area contributed by atoms with Crippen LogP contribution in [0, 0.1) is 6.92 Å². The van der Waals surface area contributed by atoms with E-state index < -0.39 is 0 Å². The lowest BCUT2D eigenvalue weighted by Gasteiger charge is -1.97. The number of imidazole rings is 1. The topological polar surface area (TPSA) is 54.7 Å². The standard InChI is InChI=1S/C14H13N3/c1-9-5-6-12-13(7-9)17-14(16-12)10-3-2-4-11(15)8-10/h2-8H,15H2,1H3,(H,16,17). The minimum absolute atomic E-state index is 0.749. The molecule has 0 saturated carbocycles. The Hall–Kier alpha value is -2.29. The first-order valence-electron chi connectivity index (χ1n) is 5.55. The molecule has 2 aromatic carbocycles. The van der Waals surface area contributed by atoms with Crippen molar-refractivity contribution in [3.8, 4) is 11.4 Å². The number of hydrogen-bond acceptors (Lipinski definition) is 2. The number of nitrogens with one attached hydrogen (secondary N) is 1. The van der Waals surface area contributed by atoms with E-state index in [9.17, 15) is 0 Å². The lowest BCUT2D eigenvalue weighted by atomic mass is 10.2. The van der Waals surface area contributed by atoms with E-state index in [1.807, 2.05) is 30.3 Å². The van der Waals surface area contributed by atoms with Gasteiger partial charge < -0.3 is 10.7 Å². The quantitative estimate of drug-likeness (QED) is 0.623. The van der Waals surface area contributed by atoms with Crippen molar-refractivity contribution < 1.29 is 0 Å². The van der Waals surface area contributed by atoms with Gasteiger partial charge in [0, 0.05) is 11.3 Å². The Morgan fingerprint density at radius 1 is 1.12 bits per heavy atom. The number of fused-ring (bicyclic) bond motifs is 1. The number of nitrogen functional groups attached to an aromatic ring is 1. The zero-order valence-electron chi connectivity index (χ0n) is 9.57. The SMILES string of the molecule is Cc1ccc2nc(-c3cccc(N)c3)[nH]c2c1. The van der Waals surface area contributed by atoms with Crippen LogP contribution >= 0.6 is 0 Å². The van der Waals surface area contributed by atoms with Gasteiger partial charge in [-0.2, -0.15) is 0 Å². The number of aromatic amines is 1. The third-order valence-corrected chi connectivity index (χ3v) is 2.80. The summed E-state index contributed by atoms with van der Waals surface area (Å²) in [4.78, 5) is 7.87. The van der Waals surface area contributed by atoms with Crippen LogP contribution in [0.15, 0.2) is 42.5 Å². The van der Waals surface area contributed by atoms with Gasteiger partial charge in [-0.15, -0.1) is 0 Å². The monoisotopic (exact) mass is 223 g/mol. The lowest BCUT2D eigenvalue weighted by Crippen LogP contribution is -1.86. The van der Waals surface area contributed by atoms with Crippen LogP contribution < -0.4 is 5.73 Å². The summed E-state index contributed by atoms with van der Waals surface area (Å²) in [5, 5.41) is 0. The molecule has 0 aliphatic carbocycles. The molecule has 3 heteroatoms. The fraction of sp³-hybridized carbons (Fsp3) is 0.0714. The Bertz CT molecular complexity index is 683. The summed E-state index contributed by atoms with van der Waals surface area (Å²) in [6, 6.07) is 13.9. The molecule has 3 N–H and O–H groups in total. The minimum atomic E-state index is 0.749. The van der Waals surface area contributed by atoms with Gasteiger partial charge in [-0.3, -0.25) is 0 Å². The number of aromatic nitrogens is 2. The van der Waals surface area contributed by atoms with E-state index in [1.54, 1.807) is 0 Å². The van der Waals surface area contributed by atoms with E-state index in [0.717, 1.165) is 28.1 Å². The van der Waals surface area contributed by atoms with Crippen molar-refractivity contribution >= 4 is 16.7 Å². The summed E-state index contributed by atoms with van der Waals surface area (Å²) in [5.74, 6) is 0.859. The molecule has 0 saturated heterocycles. The van der Waals surface area contributed by atoms with Crippen LogP contribution in [-0.2, 0) is 0 Å². The van der Waals surface area contributed by atoms with Gasteiger partial charge in [0.05, 0.1) is 11.0 Å². The highest BCUT2D eigenvalue weighted by Gasteiger charge is 2.05. The third kappa shape index (κ3) is 1.76. The van der Waals surface area contributed by atoms with Crippen molar-refractivity contribution in [2.75, 3.05) is 5.73 Å². The summed E-state index contributed by atoms with van der Waals surface area (Å²) in [5.41, 5.74) is 10.8. The highest BCUT2D eigenvalue weighted by molar-refractivity contribution is 5.80. The second-order valence-corrected chi connectivity index (χ2v) is 4.23. The molecular formula is C14H13N3. The van der Waals surface area contributed by atoms with E-state index in [4.69, 9.17) is 5.73 Å². The minimum Gasteiger partial charge on any atom is -0.399 e. The molecule has 0 spiro atoms. The lowest BCUT2D eigenvalue weighted by molar-refractivity contribution is 1.34. The van der Waals surface area contributed by atoms with Crippen LogP contribution in [0.5, 0.6) is 0 Å². The molecule has 1 aromatic heterocycles. The average molecular weight is 223 g/mol. The second kappa shape index (κ2) is 3.63. The van der Waals surface area contributed by atoms with E-state index in [0.29, 0.717) is 0 Å². The summed E-state index contributed by atoms with van der Waals surface area (Å²) in [6.45, 7) is 2.07. The Balaban J connectivity index is 2.18. The molecule has 0 unspecified atom stereocenters. The summed E-state index contributed by atoms with van der Waals surface area (Å²) in [7, 11) is 0. The van der Waals surface area contributed by atoms with E-state index in [1.165, 1.54) is 5.56 Å². The van der Waals surface area contributed by atoms with Crippen molar-refractivity contribution in [3.63, 3.8) is 0 Å². The Morgan fingerprint density at radius 2 is 2.00 bits per heavy atom. The van der Waals surface area contributed by atoms with Crippen molar-refractivity contribution in [1.82, 2.24) is 9.97 Å². The molecule has 0 amide bonds. The number of aryl methyl sites for hydroxylation is 1. The van der Waals surface area contributed by atoms with Crippen LogP contribution in [0.25, 0.3) is 22.4 Å². The molecule has 84 valence electrons. The maximum absolute atomic E-state index is 5.77. The number of benzene rings is 2. The molecule has 0 radical (unpaired) electrons. The molecule has 1 heterocycles. The zero-order valence-corrected chi connectivity index (χ0v) is 9.57. The van der Waals surface area contributed by atoms with Crippen molar-refractivity contribution in [2.45, 2.75) is 6.92 Å². The number of rotatable bonds is 1. The molecular weight excluding hydrogens is 210 g/mol. The Kier molecular flexibility index (Phi) is 2.11. The van der Waals surface area contributed by atoms with Crippen LogP contribution in [0.2, 0.25) is 0 Å². The van der Waals surface area contributed by atoms with Crippen LogP contribution in [0.1, 0.15) is 5.56 Å². The molecule has 0 aliphatic rings. The zero-order chi connectivity index (χ0) is 11.8. The normalized spacial score (nSPS) is 10.9. The number of nitrogens with zero attached hydrogens (tertiary/aromatic N) is 1. The molecule has 0 atom stereocenters. The van der Waals surface area contributed by atoms with Crippen molar-refractivity contribution in [1.29, 1.82) is 0 Å². The highest BCUT2D eigenvalue weighted by atomic mass is 14.9. The van der Waals surface area contributed by atoms with E-state index >= 15 is 0 Å². The number of anilines is 1. The van der Waals surface area contributed by atoms with E-state index in [-0.39, 0.29) is 0 Å². The molecule has 0 fully saturated rings. The van der Waals surface area contributed by atoms with Crippen molar-refractivity contribution in [2.24, 2.45) is 0 Å². The van der Waals surface area contributed by atoms with E-state index in [2.05, 4.69) is 29.0 Å². The maximum Gasteiger partial charge on any atom is 0.138 e.